The van der Waals surface area contributed by atoms with Crippen LogP contribution in [0.3, 0.4) is 0 Å². The fourth-order valence-corrected chi connectivity index (χ4v) is 1.09. The van der Waals surface area contributed by atoms with Gasteiger partial charge in [0.2, 0.25) is 5.75 Å². The average molecular weight is 194 g/mol. The Morgan fingerprint density at radius 2 is 1.79 bits per heavy atom. The van der Waals surface area contributed by atoms with E-state index in [2.05, 4.69) is 0 Å². The normalized spacial score (nSPS) is 10.2. The molecule has 0 saturated carbocycles. The van der Waals surface area contributed by atoms with Gasteiger partial charge in [-0.1, -0.05) is 12.1 Å². The van der Waals surface area contributed by atoms with Gasteiger partial charge in [-0.05, 0) is 19.1 Å². The summed E-state index contributed by atoms with van der Waals surface area (Å²) in [6.07, 6.45) is 3.40. The van der Waals surface area contributed by atoms with E-state index < -0.39 is 0 Å². The van der Waals surface area contributed by atoms with Gasteiger partial charge in [0.05, 0.1) is 20.5 Å². The Labute approximate surface area is 83.9 Å². The summed E-state index contributed by atoms with van der Waals surface area (Å²) in [4.78, 5) is 0. The van der Waals surface area contributed by atoms with E-state index in [9.17, 15) is 0 Å². The van der Waals surface area contributed by atoms with E-state index in [0.717, 1.165) is 0 Å². The molecular formula is C11H14O3. The van der Waals surface area contributed by atoms with Gasteiger partial charge in [0, 0.05) is 0 Å². The Hall–Kier alpha value is -1.64. The van der Waals surface area contributed by atoms with Gasteiger partial charge in [-0.3, -0.25) is 0 Å². The lowest BCUT2D eigenvalue weighted by Crippen LogP contribution is -1.93. The van der Waals surface area contributed by atoms with Crippen LogP contribution in [0.15, 0.2) is 30.5 Å². The lowest BCUT2D eigenvalue weighted by molar-refractivity contribution is 0.336. The van der Waals surface area contributed by atoms with Crippen LogP contribution in [0.25, 0.3) is 0 Å². The van der Waals surface area contributed by atoms with Crippen LogP contribution in [-0.4, -0.2) is 14.2 Å². The Bertz CT molecular complexity index is 318. The lowest BCUT2D eigenvalue weighted by Gasteiger charge is -2.10. The van der Waals surface area contributed by atoms with Crippen LogP contribution in [0.5, 0.6) is 17.2 Å². The van der Waals surface area contributed by atoms with Crippen LogP contribution < -0.4 is 14.2 Å². The summed E-state index contributed by atoms with van der Waals surface area (Å²) in [6, 6.07) is 5.49. The maximum Gasteiger partial charge on any atom is 0.203 e. The van der Waals surface area contributed by atoms with Gasteiger partial charge in [-0.2, -0.15) is 0 Å². The van der Waals surface area contributed by atoms with Crippen LogP contribution in [0, 0.1) is 0 Å². The molecule has 3 heteroatoms. The highest BCUT2D eigenvalue weighted by Crippen LogP contribution is 2.36. The molecule has 0 N–H and O–H groups in total. The number of methoxy groups -OCH3 is 2. The van der Waals surface area contributed by atoms with Crippen molar-refractivity contribution in [2.45, 2.75) is 6.92 Å². The van der Waals surface area contributed by atoms with Crippen LogP contribution >= 0.6 is 0 Å². The van der Waals surface area contributed by atoms with Crippen LogP contribution in [0.4, 0.5) is 0 Å². The predicted molar refractivity (Wildman–Crippen MR) is 55.0 cm³/mol. The Morgan fingerprint density at radius 3 is 2.36 bits per heavy atom. The van der Waals surface area contributed by atoms with E-state index in [0.29, 0.717) is 17.2 Å². The van der Waals surface area contributed by atoms with Crippen molar-refractivity contribution in [1.82, 2.24) is 0 Å². The highest BCUT2D eigenvalue weighted by Gasteiger charge is 2.09. The third-order valence-corrected chi connectivity index (χ3v) is 1.70. The molecule has 0 unspecified atom stereocenters. The van der Waals surface area contributed by atoms with Crippen molar-refractivity contribution in [3.8, 4) is 17.2 Å². The monoisotopic (exact) mass is 194 g/mol. The van der Waals surface area contributed by atoms with Crippen LogP contribution in [0.2, 0.25) is 0 Å². The first-order valence-electron chi connectivity index (χ1n) is 4.32. The summed E-state index contributed by atoms with van der Waals surface area (Å²) >= 11 is 0. The second-order valence-corrected chi connectivity index (χ2v) is 2.58. The fourth-order valence-electron chi connectivity index (χ4n) is 1.09. The molecule has 0 aromatic heterocycles. The highest BCUT2D eigenvalue weighted by molar-refractivity contribution is 5.51. The van der Waals surface area contributed by atoms with Crippen LogP contribution in [-0.2, 0) is 0 Å². The summed E-state index contributed by atoms with van der Waals surface area (Å²) in [6.45, 7) is 1.88. The summed E-state index contributed by atoms with van der Waals surface area (Å²) in [7, 11) is 3.18. The Kier molecular flexibility index (Phi) is 3.85. The van der Waals surface area contributed by atoms with E-state index >= 15 is 0 Å². The van der Waals surface area contributed by atoms with Gasteiger partial charge in [-0.25, -0.2) is 0 Å². The topological polar surface area (TPSA) is 27.7 Å². The second-order valence-electron chi connectivity index (χ2n) is 2.58. The number of rotatable bonds is 4. The molecule has 0 aliphatic heterocycles. The van der Waals surface area contributed by atoms with Crippen molar-refractivity contribution in [2.75, 3.05) is 14.2 Å². The number of ether oxygens (including phenoxy) is 3. The molecule has 0 fully saturated rings. The molecule has 0 radical (unpaired) electrons. The summed E-state index contributed by atoms with van der Waals surface area (Å²) in [5.74, 6) is 1.91. The van der Waals surface area contributed by atoms with E-state index in [-0.39, 0.29) is 0 Å². The maximum absolute atomic E-state index is 5.33. The molecule has 1 rings (SSSR count). The molecule has 1 aromatic rings. The second kappa shape index (κ2) is 5.17. The molecule has 0 bridgehead atoms. The molecule has 0 saturated heterocycles. The minimum atomic E-state index is 0.605. The molecule has 0 amide bonds. The number of allylic oxidation sites excluding steroid dienone is 1. The minimum absolute atomic E-state index is 0.605. The largest absolute Gasteiger partial charge is 0.493 e. The number of hydrogen-bond acceptors (Lipinski definition) is 3. The molecule has 0 aliphatic rings. The van der Waals surface area contributed by atoms with Crippen molar-refractivity contribution in [3.63, 3.8) is 0 Å². The van der Waals surface area contributed by atoms with Gasteiger partial charge in [0.15, 0.2) is 11.5 Å². The lowest BCUT2D eigenvalue weighted by atomic mass is 10.3. The van der Waals surface area contributed by atoms with Gasteiger partial charge < -0.3 is 14.2 Å². The average Bonchev–Trinajstić information content (AvgIpc) is 2.25. The molecule has 76 valence electrons. The third-order valence-electron chi connectivity index (χ3n) is 1.70. The minimum Gasteiger partial charge on any atom is -0.493 e. The van der Waals surface area contributed by atoms with Gasteiger partial charge >= 0.3 is 0 Å². The Morgan fingerprint density at radius 1 is 1.07 bits per heavy atom. The number of hydrogen-bond donors (Lipinski definition) is 0. The van der Waals surface area contributed by atoms with E-state index in [1.807, 2.05) is 25.1 Å². The summed E-state index contributed by atoms with van der Waals surface area (Å²) in [5.41, 5.74) is 0. The molecule has 0 atom stereocenters. The van der Waals surface area contributed by atoms with Crippen molar-refractivity contribution in [1.29, 1.82) is 0 Å². The highest BCUT2D eigenvalue weighted by atomic mass is 16.5. The molecule has 1 aromatic carbocycles. The van der Waals surface area contributed by atoms with Gasteiger partial charge in [-0.15, -0.1) is 0 Å². The molecule has 0 spiro atoms. The van der Waals surface area contributed by atoms with Crippen molar-refractivity contribution >= 4 is 0 Å². The van der Waals surface area contributed by atoms with Crippen molar-refractivity contribution < 1.29 is 14.2 Å². The number of benzene rings is 1. The molecule has 14 heavy (non-hydrogen) atoms. The summed E-state index contributed by atoms with van der Waals surface area (Å²) < 4.78 is 15.6. The van der Waals surface area contributed by atoms with E-state index in [1.165, 1.54) is 0 Å². The predicted octanol–water partition coefficient (Wildman–Crippen LogP) is 2.62. The maximum atomic E-state index is 5.33. The SMILES string of the molecule is C/C=C\Oc1cccc(OC)c1OC. The summed E-state index contributed by atoms with van der Waals surface area (Å²) in [5, 5.41) is 0. The smallest absolute Gasteiger partial charge is 0.203 e. The quantitative estimate of drug-likeness (QED) is 0.689. The van der Waals surface area contributed by atoms with E-state index in [1.54, 1.807) is 26.6 Å². The zero-order valence-electron chi connectivity index (χ0n) is 8.61. The molecule has 0 heterocycles. The first-order valence-corrected chi connectivity index (χ1v) is 4.32. The first kappa shape index (κ1) is 10.4. The zero-order chi connectivity index (χ0) is 10.4. The van der Waals surface area contributed by atoms with Crippen molar-refractivity contribution in [2.24, 2.45) is 0 Å². The molecule has 0 aliphatic carbocycles. The first-order chi connectivity index (χ1) is 6.83. The number of para-hydroxylation sites is 1. The van der Waals surface area contributed by atoms with Crippen LogP contribution in [0.1, 0.15) is 6.92 Å². The fraction of sp³-hybridized carbons (Fsp3) is 0.273. The molecular weight excluding hydrogens is 180 g/mol. The zero-order valence-corrected chi connectivity index (χ0v) is 8.61. The van der Waals surface area contributed by atoms with Crippen molar-refractivity contribution in [3.05, 3.63) is 30.5 Å². The molecule has 3 nitrogen and oxygen atoms in total. The van der Waals surface area contributed by atoms with E-state index in [4.69, 9.17) is 14.2 Å². The Balaban J connectivity index is 3.02. The standard InChI is InChI=1S/C11H14O3/c1-4-8-14-10-7-5-6-9(12-2)11(10)13-3/h4-8H,1-3H3/b8-4-. The third kappa shape index (κ3) is 2.19. The van der Waals surface area contributed by atoms with Gasteiger partial charge in [0.1, 0.15) is 0 Å². The van der Waals surface area contributed by atoms with Gasteiger partial charge in [0.25, 0.3) is 0 Å².